The second kappa shape index (κ2) is 7.22. The van der Waals surface area contributed by atoms with Crippen molar-refractivity contribution in [2.75, 3.05) is 6.54 Å². The number of rotatable bonds is 4. The van der Waals surface area contributed by atoms with Crippen molar-refractivity contribution in [3.05, 3.63) is 53.0 Å². The summed E-state index contributed by atoms with van der Waals surface area (Å²) < 4.78 is 1.96. The van der Waals surface area contributed by atoms with E-state index in [9.17, 15) is 4.79 Å². The summed E-state index contributed by atoms with van der Waals surface area (Å²) in [4.78, 5) is 19.0. The Bertz CT molecular complexity index is 955. The van der Waals surface area contributed by atoms with Crippen LogP contribution in [0.1, 0.15) is 52.9 Å². The molecule has 1 amide bonds. The molecule has 3 heterocycles. The first-order chi connectivity index (χ1) is 13.0. The molecule has 0 bridgehead atoms. The number of benzene rings is 1. The highest BCUT2D eigenvalue weighted by molar-refractivity contribution is 6.02. The second-order valence-corrected chi connectivity index (χ2v) is 7.84. The Morgan fingerprint density at radius 2 is 2.11 bits per heavy atom. The lowest BCUT2D eigenvalue weighted by Crippen LogP contribution is -2.44. The van der Waals surface area contributed by atoms with Gasteiger partial charge >= 0.3 is 0 Å². The standard InChI is InChI=1S/C22H28N4O/c1-15-13-16(2)20-19(14-15)17(3)21(24-20)22(27)26-11-5-4-7-18(26)8-12-25-10-6-9-23-25/h6,9-10,13-14,18,24H,4-5,7-8,11-12H2,1-3H3/t18-/m0/s1. The Morgan fingerprint density at radius 1 is 1.26 bits per heavy atom. The summed E-state index contributed by atoms with van der Waals surface area (Å²) in [6.45, 7) is 7.97. The number of carbonyl (C=O) groups is 1. The molecule has 1 atom stereocenters. The quantitative estimate of drug-likeness (QED) is 0.747. The van der Waals surface area contributed by atoms with Crippen LogP contribution in [0.2, 0.25) is 0 Å². The van der Waals surface area contributed by atoms with Crippen LogP contribution in [0, 0.1) is 20.8 Å². The fraction of sp³-hybridized carbons (Fsp3) is 0.455. The van der Waals surface area contributed by atoms with E-state index in [4.69, 9.17) is 0 Å². The van der Waals surface area contributed by atoms with Gasteiger partial charge in [-0.15, -0.1) is 0 Å². The van der Waals surface area contributed by atoms with Crippen LogP contribution in [0.4, 0.5) is 0 Å². The highest BCUT2D eigenvalue weighted by Crippen LogP contribution is 2.29. The first-order valence-corrected chi connectivity index (χ1v) is 9.92. The second-order valence-electron chi connectivity index (χ2n) is 7.84. The average molecular weight is 364 g/mol. The van der Waals surface area contributed by atoms with Gasteiger partial charge in [-0.3, -0.25) is 9.48 Å². The molecule has 1 saturated heterocycles. The van der Waals surface area contributed by atoms with Crippen molar-refractivity contribution in [3.8, 4) is 0 Å². The number of H-pyrrole nitrogens is 1. The number of aryl methyl sites for hydroxylation is 4. The molecule has 4 rings (SSSR count). The summed E-state index contributed by atoms with van der Waals surface area (Å²) in [5, 5.41) is 5.46. The van der Waals surface area contributed by atoms with E-state index in [1.165, 1.54) is 22.9 Å². The summed E-state index contributed by atoms with van der Waals surface area (Å²) in [6, 6.07) is 6.57. The van der Waals surface area contributed by atoms with Gasteiger partial charge in [-0.05, 0) is 69.7 Å². The molecule has 5 heteroatoms. The van der Waals surface area contributed by atoms with Crippen LogP contribution < -0.4 is 0 Å². The van der Waals surface area contributed by atoms with Gasteiger partial charge in [0.1, 0.15) is 5.69 Å². The van der Waals surface area contributed by atoms with E-state index in [1.807, 2.05) is 23.1 Å². The molecule has 0 aliphatic carbocycles. The lowest BCUT2D eigenvalue weighted by atomic mass is 9.98. The number of hydrogen-bond donors (Lipinski definition) is 1. The van der Waals surface area contributed by atoms with E-state index < -0.39 is 0 Å². The van der Waals surface area contributed by atoms with Gasteiger partial charge < -0.3 is 9.88 Å². The van der Waals surface area contributed by atoms with Crippen LogP contribution in [-0.2, 0) is 6.54 Å². The number of piperidine rings is 1. The highest BCUT2D eigenvalue weighted by atomic mass is 16.2. The summed E-state index contributed by atoms with van der Waals surface area (Å²) >= 11 is 0. The number of carbonyl (C=O) groups excluding carboxylic acids is 1. The lowest BCUT2D eigenvalue weighted by Gasteiger charge is -2.35. The summed E-state index contributed by atoms with van der Waals surface area (Å²) in [5.74, 6) is 0.144. The predicted octanol–water partition coefficient (Wildman–Crippen LogP) is 4.37. The van der Waals surface area contributed by atoms with E-state index in [0.717, 1.165) is 49.1 Å². The number of amides is 1. The van der Waals surface area contributed by atoms with Crippen molar-refractivity contribution >= 4 is 16.8 Å². The normalized spacial score (nSPS) is 17.6. The summed E-state index contributed by atoms with van der Waals surface area (Å²) in [6.07, 6.45) is 8.10. The van der Waals surface area contributed by atoms with E-state index in [1.54, 1.807) is 0 Å². The fourth-order valence-electron chi connectivity index (χ4n) is 4.42. The lowest BCUT2D eigenvalue weighted by molar-refractivity contribution is 0.0588. The number of likely N-dealkylation sites (tertiary alicyclic amines) is 1. The van der Waals surface area contributed by atoms with Crippen LogP contribution in [0.15, 0.2) is 30.6 Å². The fourth-order valence-corrected chi connectivity index (χ4v) is 4.42. The molecule has 2 aromatic heterocycles. The molecular formula is C22H28N4O. The maximum Gasteiger partial charge on any atom is 0.270 e. The minimum Gasteiger partial charge on any atom is -0.350 e. The van der Waals surface area contributed by atoms with Gasteiger partial charge in [-0.1, -0.05) is 11.6 Å². The van der Waals surface area contributed by atoms with E-state index >= 15 is 0 Å². The van der Waals surface area contributed by atoms with Crippen molar-refractivity contribution in [1.29, 1.82) is 0 Å². The summed E-state index contributed by atoms with van der Waals surface area (Å²) in [7, 11) is 0. The van der Waals surface area contributed by atoms with Crippen LogP contribution in [0.3, 0.4) is 0 Å². The molecule has 0 spiro atoms. The molecule has 0 saturated carbocycles. The molecule has 5 nitrogen and oxygen atoms in total. The predicted molar refractivity (Wildman–Crippen MR) is 108 cm³/mol. The van der Waals surface area contributed by atoms with E-state index in [2.05, 4.69) is 47.9 Å². The van der Waals surface area contributed by atoms with Crippen molar-refractivity contribution in [3.63, 3.8) is 0 Å². The first kappa shape index (κ1) is 17.8. The van der Waals surface area contributed by atoms with Gasteiger partial charge in [0.15, 0.2) is 0 Å². The van der Waals surface area contributed by atoms with Crippen LogP contribution in [0.25, 0.3) is 10.9 Å². The molecule has 3 aromatic rings. The van der Waals surface area contributed by atoms with Crippen LogP contribution in [-0.4, -0.2) is 38.2 Å². The molecule has 0 radical (unpaired) electrons. The minimum absolute atomic E-state index is 0.144. The molecular weight excluding hydrogens is 336 g/mol. The van der Waals surface area contributed by atoms with Crippen molar-refractivity contribution < 1.29 is 4.79 Å². The Morgan fingerprint density at radius 3 is 2.89 bits per heavy atom. The molecule has 0 unspecified atom stereocenters. The maximum absolute atomic E-state index is 13.4. The Hall–Kier alpha value is -2.56. The third-order valence-corrected chi connectivity index (χ3v) is 5.86. The van der Waals surface area contributed by atoms with E-state index in [-0.39, 0.29) is 11.9 Å². The van der Waals surface area contributed by atoms with Gasteiger partial charge in [0, 0.05) is 42.4 Å². The zero-order valence-corrected chi connectivity index (χ0v) is 16.5. The van der Waals surface area contributed by atoms with Gasteiger partial charge in [0.2, 0.25) is 0 Å². The maximum atomic E-state index is 13.4. The Kier molecular flexibility index (Phi) is 4.77. The van der Waals surface area contributed by atoms with Crippen LogP contribution in [0.5, 0.6) is 0 Å². The molecule has 1 N–H and O–H groups in total. The SMILES string of the molecule is Cc1cc(C)c2[nH]c(C(=O)N3CCCC[C@H]3CCn3cccn3)c(C)c2c1. The first-order valence-electron chi connectivity index (χ1n) is 9.92. The molecule has 27 heavy (non-hydrogen) atoms. The zero-order chi connectivity index (χ0) is 19.0. The van der Waals surface area contributed by atoms with Crippen LogP contribution >= 0.6 is 0 Å². The Labute approximate surface area is 160 Å². The monoisotopic (exact) mass is 364 g/mol. The minimum atomic E-state index is 0.144. The Balaban J connectivity index is 1.61. The zero-order valence-electron chi connectivity index (χ0n) is 16.5. The van der Waals surface area contributed by atoms with Crippen molar-refractivity contribution in [2.24, 2.45) is 0 Å². The highest BCUT2D eigenvalue weighted by Gasteiger charge is 2.29. The number of nitrogens with one attached hydrogen (secondary N) is 1. The molecule has 1 fully saturated rings. The third-order valence-electron chi connectivity index (χ3n) is 5.86. The average Bonchev–Trinajstić information content (AvgIpc) is 3.28. The van der Waals surface area contributed by atoms with Gasteiger partial charge in [0.25, 0.3) is 5.91 Å². The third kappa shape index (κ3) is 3.38. The van der Waals surface area contributed by atoms with Gasteiger partial charge in [0.05, 0.1) is 0 Å². The van der Waals surface area contributed by atoms with Crippen molar-refractivity contribution in [2.45, 2.75) is 59.0 Å². The van der Waals surface area contributed by atoms with E-state index in [0.29, 0.717) is 0 Å². The number of hydrogen-bond acceptors (Lipinski definition) is 2. The van der Waals surface area contributed by atoms with Crippen molar-refractivity contribution in [1.82, 2.24) is 19.7 Å². The summed E-state index contributed by atoms with van der Waals surface area (Å²) in [5.41, 5.74) is 5.34. The number of nitrogens with zero attached hydrogens (tertiary/aromatic N) is 3. The number of fused-ring (bicyclic) bond motifs is 1. The molecule has 1 aromatic carbocycles. The molecule has 142 valence electrons. The number of aromatic nitrogens is 3. The van der Waals surface area contributed by atoms with Gasteiger partial charge in [-0.2, -0.15) is 5.10 Å². The number of aromatic amines is 1. The largest absolute Gasteiger partial charge is 0.350 e. The molecule has 1 aliphatic rings. The molecule has 1 aliphatic heterocycles. The van der Waals surface area contributed by atoms with Gasteiger partial charge in [-0.25, -0.2) is 0 Å². The topological polar surface area (TPSA) is 53.9 Å². The smallest absolute Gasteiger partial charge is 0.270 e.